The summed E-state index contributed by atoms with van der Waals surface area (Å²) in [7, 11) is 0. The lowest BCUT2D eigenvalue weighted by Crippen LogP contribution is -2.31. The van der Waals surface area contributed by atoms with Crippen LogP contribution in [0.15, 0.2) is 97.1 Å². The van der Waals surface area contributed by atoms with Crippen molar-refractivity contribution >= 4 is 11.4 Å². The first-order valence-corrected chi connectivity index (χ1v) is 11.3. The Labute approximate surface area is 194 Å². The Bertz CT molecular complexity index is 1170. The van der Waals surface area contributed by atoms with Crippen molar-refractivity contribution in [2.24, 2.45) is 0 Å². The smallest absolute Gasteiger partial charge is 0.165 e. The number of anilines is 2. The molecule has 1 aliphatic heterocycles. The largest absolute Gasteiger partial charge is 0.454 e. The molecule has 166 valence electrons. The molecule has 1 saturated heterocycles. The molecule has 4 heteroatoms. The van der Waals surface area contributed by atoms with Gasteiger partial charge in [-0.15, -0.1) is 0 Å². The minimum Gasteiger partial charge on any atom is -0.454 e. The van der Waals surface area contributed by atoms with E-state index in [1.54, 1.807) is 0 Å². The zero-order valence-corrected chi connectivity index (χ0v) is 18.9. The predicted octanol–water partition coefficient (Wildman–Crippen LogP) is 7.26. The zero-order chi connectivity index (χ0) is 22.8. The maximum atomic E-state index is 14.7. The fourth-order valence-electron chi connectivity index (χ4n) is 4.38. The van der Waals surface area contributed by atoms with Crippen molar-refractivity contribution in [2.75, 3.05) is 22.9 Å². The number of hydrogen-bond donors (Lipinski definition) is 0. The van der Waals surface area contributed by atoms with Gasteiger partial charge in [0, 0.05) is 24.5 Å². The van der Waals surface area contributed by atoms with E-state index >= 15 is 0 Å². The van der Waals surface area contributed by atoms with E-state index in [9.17, 15) is 4.39 Å². The zero-order valence-electron chi connectivity index (χ0n) is 18.9. The summed E-state index contributed by atoms with van der Waals surface area (Å²) < 4.78 is 20.6. The average molecular weight is 439 g/mol. The number of hydrogen-bond acceptors (Lipinski definition) is 3. The van der Waals surface area contributed by atoms with Gasteiger partial charge in [0.05, 0.1) is 0 Å². The van der Waals surface area contributed by atoms with Crippen LogP contribution in [0.1, 0.15) is 22.9 Å². The maximum absolute atomic E-state index is 14.7. The summed E-state index contributed by atoms with van der Waals surface area (Å²) in [6.07, 6.45) is -0.0749. The standard InChI is InChI=1S/C29H27FN2O/c1-21-8-13-24(14-9-21)31-18-19-32(25-15-10-22(2)11-16-25)29(31)23-12-17-27(30)28(20-23)33-26-6-4-3-5-7-26/h3-17,20,29H,18-19H2,1-2H3. The lowest BCUT2D eigenvalue weighted by Gasteiger charge is -2.33. The summed E-state index contributed by atoms with van der Waals surface area (Å²) in [4.78, 5) is 4.75. The second-order valence-corrected chi connectivity index (χ2v) is 8.54. The molecule has 3 nitrogen and oxygen atoms in total. The van der Waals surface area contributed by atoms with Crippen molar-refractivity contribution in [2.45, 2.75) is 20.0 Å². The summed E-state index contributed by atoms with van der Waals surface area (Å²) in [5, 5.41) is 0. The number of ether oxygens (including phenoxy) is 1. The number of benzene rings is 4. The number of rotatable bonds is 5. The van der Waals surface area contributed by atoms with Gasteiger partial charge in [-0.25, -0.2) is 4.39 Å². The molecule has 0 aromatic heterocycles. The van der Waals surface area contributed by atoms with Crippen LogP contribution in [-0.4, -0.2) is 13.1 Å². The van der Waals surface area contributed by atoms with Gasteiger partial charge in [0.25, 0.3) is 0 Å². The Morgan fingerprint density at radius 3 is 1.79 bits per heavy atom. The molecule has 0 saturated carbocycles. The lowest BCUT2D eigenvalue weighted by atomic mass is 10.1. The van der Waals surface area contributed by atoms with E-state index in [1.807, 2.05) is 42.5 Å². The second kappa shape index (κ2) is 8.99. The second-order valence-electron chi connectivity index (χ2n) is 8.54. The van der Waals surface area contributed by atoms with Gasteiger partial charge in [-0.3, -0.25) is 0 Å². The third kappa shape index (κ3) is 4.42. The first-order chi connectivity index (χ1) is 16.1. The van der Waals surface area contributed by atoms with E-state index in [2.05, 4.69) is 72.2 Å². The topological polar surface area (TPSA) is 15.7 Å². The molecular weight excluding hydrogens is 411 g/mol. The molecule has 0 aliphatic carbocycles. The molecule has 1 heterocycles. The van der Waals surface area contributed by atoms with Gasteiger partial charge >= 0.3 is 0 Å². The molecule has 0 unspecified atom stereocenters. The average Bonchev–Trinajstić information content (AvgIpc) is 3.27. The highest BCUT2D eigenvalue weighted by atomic mass is 19.1. The van der Waals surface area contributed by atoms with E-state index in [4.69, 9.17) is 4.74 Å². The monoisotopic (exact) mass is 438 g/mol. The van der Waals surface area contributed by atoms with Crippen LogP contribution in [0.3, 0.4) is 0 Å². The number of halogens is 1. The quantitative estimate of drug-likeness (QED) is 0.326. The fourth-order valence-corrected chi connectivity index (χ4v) is 4.38. The molecule has 0 N–H and O–H groups in total. The van der Waals surface area contributed by atoms with E-state index in [1.165, 1.54) is 17.2 Å². The van der Waals surface area contributed by atoms with Crippen molar-refractivity contribution < 1.29 is 9.13 Å². The molecule has 4 aromatic carbocycles. The summed E-state index contributed by atoms with van der Waals surface area (Å²) in [6.45, 7) is 5.93. The molecular formula is C29H27FN2O. The van der Waals surface area contributed by atoms with Crippen LogP contribution < -0.4 is 14.5 Å². The van der Waals surface area contributed by atoms with E-state index in [0.29, 0.717) is 5.75 Å². The molecule has 0 bridgehead atoms. The Kier molecular flexibility index (Phi) is 5.74. The van der Waals surface area contributed by atoms with Crippen LogP contribution in [0.2, 0.25) is 0 Å². The van der Waals surface area contributed by atoms with Crippen LogP contribution in [-0.2, 0) is 0 Å². The van der Waals surface area contributed by atoms with Crippen molar-refractivity contribution in [3.8, 4) is 11.5 Å². The van der Waals surface area contributed by atoms with Crippen molar-refractivity contribution in [3.05, 3.63) is 120 Å². The molecule has 1 fully saturated rings. The maximum Gasteiger partial charge on any atom is 0.165 e. The van der Waals surface area contributed by atoms with Crippen molar-refractivity contribution in [1.82, 2.24) is 0 Å². The SMILES string of the molecule is Cc1ccc(N2CCN(c3ccc(C)cc3)C2c2ccc(F)c(Oc3ccccc3)c2)cc1. The number of para-hydroxylation sites is 1. The van der Waals surface area contributed by atoms with Gasteiger partial charge in [0.1, 0.15) is 11.9 Å². The van der Waals surface area contributed by atoms with Crippen LogP contribution in [0.5, 0.6) is 11.5 Å². The minimum atomic E-state index is -0.371. The van der Waals surface area contributed by atoms with Crippen LogP contribution >= 0.6 is 0 Å². The van der Waals surface area contributed by atoms with Crippen LogP contribution in [0, 0.1) is 19.7 Å². The molecule has 0 amide bonds. The molecule has 0 spiro atoms. The van der Waals surface area contributed by atoms with Gasteiger partial charge in [-0.1, -0.05) is 59.7 Å². The summed E-state index contributed by atoms with van der Waals surface area (Å²) in [5.41, 5.74) is 5.74. The normalized spacial score (nSPS) is 14.0. The molecule has 1 aliphatic rings. The fraction of sp³-hybridized carbons (Fsp3) is 0.172. The highest BCUT2D eigenvalue weighted by Gasteiger charge is 2.34. The van der Waals surface area contributed by atoms with Crippen LogP contribution in [0.25, 0.3) is 0 Å². The Morgan fingerprint density at radius 2 is 1.24 bits per heavy atom. The molecule has 5 rings (SSSR count). The highest BCUT2D eigenvalue weighted by molar-refractivity contribution is 5.60. The van der Waals surface area contributed by atoms with Crippen LogP contribution in [0.4, 0.5) is 15.8 Å². The first kappa shape index (κ1) is 21.1. The molecule has 33 heavy (non-hydrogen) atoms. The van der Waals surface area contributed by atoms with Gasteiger partial charge in [0.2, 0.25) is 0 Å². The molecule has 0 atom stereocenters. The number of nitrogens with zero attached hydrogens (tertiary/aromatic N) is 2. The predicted molar refractivity (Wildman–Crippen MR) is 133 cm³/mol. The van der Waals surface area contributed by atoms with E-state index < -0.39 is 0 Å². The highest BCUT2D eigenvalue weighted by Crippen LogP contribution is 2.39. The number of aryl methyl sites for hydroxylation is 2. The minimum absolute atomic E-state index is 0.0749. The Balaban J connectivity index is 1.56. The molecule has 4 aromatic rings. The van der Waals surface area contributed by atoms with E-state index in [-0.39, 0.29) is 17.7 Å². The Morgan fingerprint density at radius 1 is 0.697 bits per heavy atom. The summed E-state index contributed by atoms with van der Waals surface area (Å²) in [5.74, 6) is 0.480. The van der Waals surface area contributed by atoms with Crippen molar-refractivity contribution in [1.29, 1.82) is 0 Å². The first-order valence-electron chi connectivity index (χ1n) is 11.3. The van der Waals surface area contributed by atoms with Gasteiger partial charge < -0.3 is 14.5 Å². The van der Waals surface area contributed by atoms with Gasteiger partial charge in [0.15, 0.2) is 11.6 Å². The summed E-state index contributed by atoms with van der Waals surface area (Å²) in [6, 6.07) is 31.7. The van der Waals surface area contributed by atoms with E-state index in [0.717, 1.165) is 30.0 Å². The molecule has 0 radical (unpaired) electrons. The van der Waals surface area contributed by atoms with Gasteiger partial charge in [-0.05, 0) is 67.9 Å². The Hall–Kier alpha value is -3.79. The van der Waals surface area contributed by atoms with Crippen molar-refractivity contribution in [3.63, 3.8) is 0 Å². The van der Waals surface area contributed by atoms with Gasteiger partial charge in [-0.2, -0.15) is 0 Å². The summed E-state index contributed by atoms with van der Waals surface area (Å²) >= 11 is 0. The third-order valence-corrected chi connectivity index (χ3v) is 6.13. The lowest BCUT2D eigenvalue weighted by molar-refractivity contribution is 0.440. The third-order valence-electron chi connectivity index (χ3n) is 6.13.